The third-order valence-electron chi connectivity index (χ3n) is 3.58. The molecule has 0 bridgehead atoms. The lowest BCUT2D eigenvalue weighted by atomic mass is 10.2. The minimum atomic E-state index is -3.04. The van der Waals surface area contributed by atoms with Crippen molar-refractivity contribution in [2.75, 3.05) is 18.6 Å². The minimum Gasteiger partial charge on any atom is -0.481 e. The smallest absolute Gasteiger partial charge is 0.263 e. The second-order valence-corrected chi connectivity index (χ2v) is 7.45. The Kier molecular flexibility index (Phi) is 4.51. The Bertz CT molecular complexity index is 614. The first-order valence-corrected chi connectivity index (χ1v) is 8.50. The van der Waals surface area contributed by atoms with E-state index in [1.54, 1.807) is 14.0 Å². The number of halogens is 1. The number of rotatable bonds is 4. The average molecular weight is 315 g/mol. The van der Waals surface area contributed by atoms with Gasteiger partial charge >= 0.3 is 0 Å². The lowest BCUT2D eigenvalue weighted by Gasteiger charge is -2.26. The van der Waals surface area contributed by atoms with Gasteiger partial charge in [-0.2, -0.15) is 0 Å². The first-order valence-electron chi connectivity index (χ1n) is 6.68. The zero-order chi connectivity index (χ0) is 15.6. The molecule has 1 amide bonds. The normalized spacial score (nSPS) is 21.8. The highest BCUT2D eigenvalue weighted by Gasteiger charge is 2.34. The van der Waals surface area contributed by atoms with Crippen molar-refractivity contribution in [3.05, 3.63) is 30.1 Å². The Morgan fingerprint density at radius 1 is 1.38 bits per heavy atom. The highest BCUT2D eigenvalue weighted by molar-refractivity contribution is 7.91. The third kappa shape index (κ3) is 3.93. The van der Waals surface area contributed by atoms with Gasteiger partial charge in [0.05, 0.1) is 11.5 Å². The second kappa shape index (κ2) is 6.01. The Hall–Kier alpha value is -1.63. The maximum atomic E-state index is 12.8. The largest absolute Gasteiger partial charge is 0.481 e. The van der Waals surface area contributed by atoms with Crippen LogP contribution in [0.4, 0.5) is 4.39 Å². The van der Waals surface area contributed by atoms with E-state index < -0.39 is 15.9 Å². The Balaban J connectivity index is 1.97. The van der Waals surface area contributed by atoms with Gasteiger partial charge < -0.3 is 9.64 Å². The van der Waals surface area contributed by atoms with Crippen LogP contribution < -0.4 is 4.74 Å². The number of carbonyl (C=O) groups excluding carboxylic acids is 1. The first-order chi connectivity index (χ1) is 9.78. The summed E-state index contributed by atoms with van der Waals surface area (Å²) in [5, 5.41) is 0. The molecule has 116 valence electrons. The van der Waals surface area contributed by atoms with Gasteiger partial charge in [0.25, 0.3) is 5.91 Å². The predicted molar refractivity (Wildman–Crippen MR) is 76.3 cm³/mol. The summed E-state index contributed by atoms with van der Waals surface area (Å²) in [6.07, 6.45) is -0.308. The van der Waals surface area contributed by atoms with E-state index in [-0.39, 0.29) is 29.3 Å². The van der Waals surface area contributed by atoms with Crippen LogP contribution >= 0.6 is 0 Å². The molecule has 1 heterocycles. The number of ether oxygens (including phenoxy) is 1. The fourth-order valence-corrected chi connectivity index (χ4v) is 4.09. The topological polar surface area (TPSA) is 63.7 Å². The van der Waals surface area contributed by atoms with Crippen molar-refractivity contribution in [3.8, 4) is 5.75 Å². The zero-order valence-electron chi connectivity index (χ0n) is 12.0. The molecule has 1 saturated heterocycles. The third-order valence-corrected chi connectivity index (χ3v) is 5.33. The van der Waals surface area contributed by atoms with Crippen LogP contribution in [0, 0.1) is 5.82 Å². The van der Waals surface area contributed by atoms with E-state index in [2.05, 4.69) is 0 Å². The van der Waals surface area contributed by atoms with Gasteiger partial charge in [-0.05, 0) is 37.6 Å². The molecule has 1 aromatic carbocycles. The van der Waals surface area contributed by atoms with Crippen molar-refractivity contribution in [2.45, 2.75) is 25.5 Å². The highest BCUT2D eigenvalue weighted by Crippen LogP contribution is 2.19. The molecule has 2 atom stereocenters. The van der Waals surface area contributed by atoms with Gasteiger partial charge in [-0.25, -0.2) is 12.8 Å². The van der Waals surface area contributed by atoms with E-state index in [0.717, 1.165) is 0 Å². The second-order valence-electron chi connectivity index (χ2n) is 5.22. The summed E-state index contributed by atoms with van der Waals surface area (Å²) in [5.41, 5.74) is 0. The number of amides is 1. The van der Waals surface area contributed by atoms with Crippen molar-refractivity contribution in [1.29, 1.82) is 0 Å². The molecule has 0 radical (unpaired) electrons. The summed E-state index contributed by atoms with van der Waals surface area (Å²) in [4.78, 5) is 13.7. The van der Waals surface area contributed by atoms with Crippen LogP contribution in [0.5, 0.6) is 5.75 Å². The summed E-state index contributed by atoms with van der Waals surface area (Å²) in [5.74, 6) is -0.165. The van der Waals surface area contributed by atoms with Gasteiger partial charge in [-0.3, -0.25) is 4.79 Å². The molecule has 1 aliphatic heterocycles. The van der Waals surface area contributed by atoms with Gasteiger partial charge in [0.1, 0.15) is 11.6 Å². The molecular formula is C14H18FNO4S. The lowest BCUT2D eigenvalue weighted by molar-refractivity contribution is -0.138. The van der Waals surface area contributed by atoms with Crippen LogP contribution in [-0.2, 0) is 14.6 Å². The van der Waals surface area contributed by atoms with E-state index in [9.17, 15) is 17.6 Å². The average Bonchev–Trinajstić information content (AvgIpc) is 2.80. The monoisotopic (exact) mass is 315 g/mol. The van der Waals surface area contributed by atoms with E-state index in [1.807, 2.05) is 0 Å². The molecule has 0 spiro atoms. The zero-order valence-corrected chi connectivity index (χ0v) is 12.8. The fourth-order valence-electron chi connectivity index (χ4n) is 2.32. The van der Waals surface area contributed by atoms with E-state index >= 15 is 0 Å². The van der Waals surface area contributed by atoms with Crippen molar-refractivity contribution < 1.29 is 22.3 Å². The highest BCUT2D eigenvalue weighted by atomic mass is 32.2. The van der Waals surface area contributed by atoms with Crippen LogP contribution in [0.15, 0.2) is 24.3 Å². The number of carbonyl (C=O) groups is 1. The summed E-state index contributed by atoms with van der Waals surface area (Å²) >= 11 is 0. The molecule has 7 heteroatoms. The van der Waals surface area contributed by atoms with E-state index in [4.69, 9.17) is 4.74 Å². The van der Waals surface area contributed by atoms with Gasteiger partial charge in [0.2, 0.25) is 0 Å². The van der Waals surface area contributed by atoms with Crippen molar-refractivity contribution in [3.63, 3.8) is 0 Å². The molecule has 0 aliphatic carbocycles. The fraction of sp³-hybridized carbons (Fsp3) is 0.500. The first kappa shape index (κ1) is 15.8. The molecule has 2 rings (SSSR count). The summed E-state index contributed by atoms with van der Waals surface area (Å²) in [6, 6.07) is 5.08. The maximum Gasteiger partial charge on any atom is 0.263 e. The molecule has 0 aromatic heterocycles. The van der Waals surface area contributed by atoms with Crippen LogP contribution in [0.3, 0.4) is 0 Å². The summed E-state index contributed by atoms with van der Waals surface area (Å²) in [7, 11) is -1.46. The lowest BCUT2D eigenvalue weighted by Crippen LogP contribution is -2.44. The van der Waals surface area contributed by atoms with Gasteiger partial charge in [0, 0.05) is 13.1 Å². The summed E-state index contributed by atoms with van der Waals surface area (Å²) < 4.78 is 41.2. The van der Waals surface area contributed by atoms with Gasteiger partial charge in [0.15, 0.2) is 15.9 Å². The van der Waals surface area contributed by atoms with E-state index in [1.165, 1.54) is 29.2 Å². The Morgan fingerprint density at radius 2 is 2.00 bits per heavy atom. The quantitative estimate of drug-likeness (QED) is 0.838. The number of likely N-dealkylation sites (N-methyl/N-ethyl adjacent to an activating group) is 1. The van der Waals surface area contributed by atoms with Gasteiger partial charge in [-0.15, -0.1) is 0 Å². The molecular weight excluding hydrogens is 297 g/mol. The molecule has 1 aromatic rings. The molecule has 5 nitrogen and oxygen atoms in total. The summed E-state index contributed by atoms with van der Waals surface area (Å²) in [6.45, 7) is 1.59. The number of benzene rings is 1. The molecule has 21 heavy (non-hydrogen) atoms. The molecule has 0 N–H and O–H groups in total. The number of sulfone groups is 1. The Labute approximate surface area is 123 Å². The minimum absolute atomic E-state index is 0.00148. The van der Waals surface area contributed by atoms with Crippen molar-refractivity contribution in [1.82, 2.24) is 4.90 Å². The van der Waals surface area contributed by atoms with Crippen LogP contribution in [0.2, 0.25) is 0 Å². The molecule has 0 unspecified atom stereocenters. The molecule has 1 aliphatic rings. The SMILES string of the molecule is C[C@H](Oc1ccc(F)cc1)C(=O)N(C)[C@H]1CCS(=O)(=O)C1. The number of hydrogen-bond acceptors (Lipinski definition) is 4. The number of hydrogen-bond donors (Lipinski definition) is 0. The van der Waals surface area contributed by atoms with E-state index in [0.29, 0.717) is 12.2 Å². The molecule has 0 saturated carbocycles. The standard InChI is InChI=1S/C14H18FNO4S/c1-10(20-13-5-3-11(15)4-6-13)14(17)16(2)12-7-8-21(18,19)9-12/h3-6,10,12H,7-9H2,1-2H3/t10-,12-/m0/s1. The van der Waals surface area contributed by atoms with Crippen LogP contribution in [-0.4, -0.2) is 49.9 Å². The molecule has 1 fully saturated rings. The van der Waals surface area contributed by atoms with Crippen LogP contribution in [0.25, 0.3) is 0 Å². The predicted octanol–water partition coefficient (Wildman–Crippen LogP) is 1.24. The van der Waals surface area contributed by atoms with Gasteiger partial charge in [-0.1, -0.05) is 0 Å². The number of nitrogens with zero attached hydrogens (tertiary/aromatic N) is 1. The van der Waals surface area contributed by atoms with Crippen LogP contribution in [0.1, 0.15) is 13.3 Å². The van der Waals surface area contributed by atoms with Crippen molar-refractivity contribution >= 4 is 15.7 Å². The maximum absolute atomic E-state index is 12.8. The Morgan fingerprint density at radius 3 is 2.52 bits per heavy atom. The van der Waals surface area contributed by atoms with Crippen molar-refractivity contribution in [2.24, 2.45) is 0 Å².